The van der Waals surface area contributed by atoms with Gasteiger partial charge in [0.2, 0.25) is 0 Å². The van der Waals surface area contributed by atoms with E-state index < -0.39 is 0 Å². The van der Waals surface area contributed by atoms with Crippen LogP contribution in [-0.4, -0.2) is 13.5 Å². The average Bonchev–Trinajstić information content (AvgIpc) is 2.31. The molecule has 15 heavy (non-hydrogen) atoms. The second kappa shape index (κ2) is 4.27. The second-order valence-corrected chi connectivity index (χ2v) is 3.64. The molecular weight excluding hydrogens is 179 g/mol. The standard InChI is InChI=1S/C14H13B/c1-11-7-8-13(9-14(11)10-15)12-5-3-2-4-6-12/h2-10,15H,1H3. The van der Waals surface area contributed by atoms with Gasteiger partial charge in [-0.15, -0.1) is 0 Å². The number of benzene rings is 2. The molecule has 0 radical (unpaired) electrons. The van der Waals surface area contributed by atoms with Crippen molar-refractivity contribution in [1.82, 2.24) is 0 Å². The Morgan fingerprint density at radius 2 is 1.67 bits per heavy atom. The summed E-state index contributed by atoms with van der Waals surface area (Å²) < 4.78 is 0. The first-order valence-corrected chi connectivity index (χ1v) is 5.10. The molecule has 72 valence electrons. The average molecular weight is 192 g/mol. The van der Waals surface area contributed by atoms with E-state index in [0.717, 1.165) is 0 Å². The molecule has 2 aromatic carbocycles. The number of hydrogen-bond donors (Lipinski definition) is 0. The number of rotatable bonds is 2. The van der Waals surface area contributed by atoms with Crippen LogP contribution in [0.15, 0.2) is 48.5 Å². The van der Waals surface area contributed by atoms with Crippen molar-refractivity contribution in [3.05, 3.63) is 59.7 Å². The van der Waals surface area contributed by atoms with Crippen molar-refractivity contribution in [1.29, 1.82) is 0 Å². The van der Waals surface area contributed by atoms with Crippen molar-refractivity contribution in [3.8, 4) is 11.1 Å². The number of aryl methyl sites for hydroxylation is 1. The van der Waals surface area contributed by atoms with Crippen molar-refractivity contribution in [3.63, 3.8) is 0 Å². The van der Waals surface area contributed by atoms with Crippen molar-refractivity contribution < 1.29 is 0 Å². The van der Waals surface area contributed by atoms with Crippen LogP contribution >= 0.6 is 0 Å². The Balaban J connectivity index is 2.51. The molecule has 2 rings (SSSR count). The van der Waals surface area contributed by atoms with E-state index in [0.29, 0.717) is 0 Å². The van der Waals surface area contributed by atoms with E-state index in [1.165, 1.54) is 22.3 Å². The Morgan fingerprint density at radius 1 is 0.933 bits per heavy atom. The SMILES string of the molecule is B=Cc1cc(-c2ccccc2)ccc1C. The molecule has 0 saturated heterocycles. The third-order valence-electron chi connectivity index (χ3n) is 2.61. The van der Waals surface area contributed by atoms with Gasteiger partial charge in [-0.05, 0) is 0 Å². The summed E-state index contributed by atoms with van der Waals surface area (Å²) in [5.41, 5.74) is 4.97. The Kier molecular flexibility index (Phi) is 2.82. The molecule has 0 nitrogen and oxygen atoms in total. The summed E-state index contributed by atoms with van der Waals surface area (Å²) in [5.74, 6) is 1.90. The van der Waals surface area contributed by atoms with E-state index in [9.17, 15) is 0 Å². The maximum absolute atomic E-state index is 3.83. The van der Waals surface area contributed by atoms with E-state index in [2.05, 4.69) is 56.9 Å². The molecule has 0 saturated carbocycles. The summed E-state index contributed by atoms with van der Waals surface area (Å²) in [6.07, 6.45) is 0. The normalized spacial score (nSPS) is 9.87. The molecule has 0 atom stereocenters. The number of hydrogen-bond acceptors (Lipinski definition) is 0. The van der Waals surface area contributed by atoms with Gasteiger partial charge in [-0.3, -0.25) is 0 Å². The van der Waals surface area contributed by atoms with E-state index >= 15 is 0 Å². The fourth-order valence-corrected chi connectivity index (χ4v) is 1.67. The quantitative estimate of drug-likeness (QED) is 0.641. The van der Waals surface area contributed by atoms with Crippen LogP contribution in [0.2, 0.25) is 0 Å². The summed E-state index contributed by atoms with van der Waals surface area (Å²) in [7, 11) is 3.83. The van der Waals surface area contributed by atoms with Crippen molar-refractivity contribution in [2.45, 2.75) is 6.92 Å². The van der Waals surface area contributed by atoms with Gasteiger partial charge in [0, 0.05) is 0 Å². The summed E-state index contributed by atoms with van der Waals surface area (Å²) in [5, 5.41) is 0. The molecule has 0 aliphatic rings. The zero-order chi connectivity index (χ0) is 10.7. The summed E-state index contributed by atoms with van der Waals surface area (Å²) in [6.45, 7) is 2.10. The van der Waals surface area contributed by atoms with Crippen LogP contribution in [0.5, 0.6) is 0 Å². The molecule has 0 N–H and O–H groups in total. The molecule has 1 heteroatoms. The fraction of sp³-hybridized carbons (Fsp3) is 0.0714. The first kappa shape index (κ1) is 9.91. The van der Waals surface area contributed by atoms with Gasteiger partial charge >= 0.3 is 91.2 Å². The van der Waals surface area contributed by atoms with Crippen LogP contribution in [0.25, 0.3) is 11.1 Å². The maximum atomic E-state index is 3.83. The van der Waals surface area contributed by atoms with Gasteiger partial charge in [0.25, 0.3) is 0 Å². The molecule has 0 aliphatic heterocycles. The Morgan fingerprint density at radius 3 is 2.33 bits per heavy atom. The summed E-state index contributed by atoms with van der Waals surface area (Å²) in [6, 6.07) is 16.9. The third-order valence-corrected chi connectivity index (χ3v) is 2.61. The molecule has 0 spiro atoms. The van der Waals surface area contributed by atoms with Gasteiger partial charge in [-0.25, -0.2) is 0 Å². The minimum atomic E-state index is 1.20. The van der Waals surface area contributed by atoms with Gasteiger partial charge < -0.3 is 0 Å². The molecule has 0 bridgehead atoms. The predicted octanol–water partition coefficient (Wildman–Crippen LogP) is 2.71. The summed E-state index contributed by atoms with van der Waals surface area (Å²) >= 11 is 0. The predicted molar refractivity (Wildman–Crippen MR) is 68.9 cm³/mol. The van der Waals surface area contributed by atoms with E-state index in [1.54, 1.807) is 0 Å². The first-order valence-electron chi connectivity index (χ1n) is 5.10. The van der Waals surface area contributed by atoms with Gasteiger partial charge in [0.1, 0.15) is 0 Å². The van der Waals surface area contributed by atoms with Crippen LogP contribution in [0.3, 0.4) is 0 Å². The molecule has 0 aromatic heterocycles. The summed E-state index contributed by atoms with van der Waals surface area (Å²) in [4.78, 5) is 0. The van der Waals surface area contributed by atoms with Crippen LogP contribution in [0, 0.1) is 6.92 Å². The molecule has 0 fully saturated rings. The molecule has 0 aliphatic carbocycles. The second-order valence-electron chi connectivity index (χ2n) is 3.64. The minimum absolute atomic E-state index is 1.20. The monoisotopic (exact) mass is 192 g/mol. The molecule has 0 unspecified atom stereocenters. The van der Waals surface area contributed by atoms with E-state index in [4.69, 9.17) is 0 Å². The van der Waals surface area contributed by atoms with Gasteiger partial charge in [0.15, 0.2) is 0 Å². The van der Waals surface area contributed by atoms with Crippen molar-refractivity contribution in [2.75, 3.05) is 0 Å². The third kappa shape index (κ3) is 2.07. The van der Waals surface area contributed by atoms with E-state index in [1.807, 2.05) is 12.0 Å². The Hall–Kier alpha value is -1.63. The van der Waals surface area contributed by atoms with Crippen molar-refractivity contribution >= 4 is 13.5 Å². The zero-order valence-corrected chi connectivity index (χ0v) is 8.90. The van der Waals surface area contributed by atoms with Crippen LogP contribution in [0.4, 0.5) is 0 Å². The van der Waals surface area contributed by atoms with Crippen molar-refractivity contribution in [2.24, 2.45) is 0 Å². The molecule has 2 aromatic rings. The molecule has 0 heterocycles. The van der Waals surface area contributed by atoms with Gasteiger partial charge in [-0.2, -0.15) is 0 Å². The first-order chi connectivity index (χ1) is 7.31. The van der Waals surface area contributed by atoms with Crippen LogP contribution in [-0.2, 0) is 0 Å². The zero-order valence-electron chi connectivity index (χ0n) is 8.90. The van der Waals surface area contributed by atoms with Crippen LogP contribution < -0.4 is 0 Å². The fourth-order valence-electron chi connectivity index (χ4n) is 1.67. The topological polar surface area (TPSA) is 0 Å². The molecular formula is C14H13B. The van der Waals surface area contributed by atoms with E-state index in [-0.39, 0.29) is 0 Å². The molecule has 0 amide bonds. The van der Waals surface area contributed by atoms with Crippen LogP contribution in [0.1, 0.15) is 11.1 Å². The van der Waals surface area contributed by atoms with Gasteiger partial charge in [0.05, 0.1) is 0 Å². The Bertz CT molecular complexity index is 472. The Labute approximate surface area is 91.7 Å². The van der Waals surface area contributed by atoms with Gasteiger partial charge in [-0.1, -0.05) is 0 Å².